The quantitative estimate of drug-likeness (QED) is 0.291. The summed E-state index contributed by atoms with van der Waals surface area (Å²) in [6, 6.07) is 0. The predicted molar refractivity (Wildman–Crippen MR) is 143 cm³/mol. The molecular formula is C32H50O4. The summed E-state index contributed by atoms with van der Waals surface area (Å²) >= 11 is 0. The summed E-state index contributed by atoms with van der Waals surface area (Å²) in [5.74, 6) is 1.06. The monoisotopic (exact) mass is 498 g/mol. The highest BCUT2D eigenvalue weighted by Gasteiger charge is 2.66. The first-order valence-electron chi connectivity index (χ1n) is 14.5. The van der Waals surface area contributed by atoms with Gasteiger partial charge in [0, 0.05) is 18.8 Å². The number of hydrogen-bond donors (Lipinski definition) is 0. The summed E-state index contributed by atoms with van der Waals surface area (Å²) in [6.07, 6.45) is 9.67. The van der Waals surface area contributed by atoms with Gasteiger partial charge in [0.1, 0.15) is 12.4 Å². The van der Waals surface area contributed by atoms with Gasteiger partial charge in [-0.05, 0) is 96.5 Å². The molecule has 0 radical (unpaired) electrons. The van der Waals surface area contributed by atoms with Crippen LogP contribution >= 0.6 is 0 Å². The molecule has 4 aliphatic rings. The molecule has 3 fully saturated rings. The highest BCUT2D eigenvalue weighted by Crippen LogP contribution is 2.73. The van der Waals surface area contributed by atoms with Crippen LogP contribution in [0, 0.1) is 44.8 Å². The summed E-state index contributed by atoms with van der Waals surface area (Å²) in [6.45, 7) is 20.2. The highest BCUT2D eigenvalue weighted by molar-refractivity contribution is 6.03. The van der Waals surface area contributed by atoms with Crippen molar-refractivity contribution in [3.8, 4) is 0 Å². The van der Waals surface area contributed by atoms with Crippen LogP contribution in [0.1, 0.15) is 120 Å². The zero-order valence-corrected chi connectivity index (χ0v) is 24.4. The second-order valence-electron chi connectivity index (χ2n) is 14.7. The minimum Gasteiger partial charge on any atom is -0.462 e. The van der Waals surface area contributed by atoms with Gasteiger partial charge >= 0.3 is 5.97 Å². The lowest BCUT2D eigenvalue weighted by Crippen LogP contribution is -2.60. The zero-order valence-electron chi connectivity index (χ0n) is 24.4. The maximum Gasteiger partial charge on any atom is 0.302 e. The normalized spacial score (nSPS) is 44.3. The van der Waals surface area contributed by atoms with Crippen molar-refractivity contribution < 1.29 is 19.1 Å². The average Bonchev–Trinajstić information content (AvgIpc) is 3.09. The number of esters is 1. The van der Waals surface area contributed by atoms with Crippen molar-refractivity contribution in [1.82, 2.24) is 0 Å². The summed E-state index contributed by atoms with van der Waals surface area (Å²) in [5.41, 5.74) is 1.91. The van der Waals surface area contributed by atoms with E-state index in [4.69, 9.17) is 4.74 Å². The predicted octanol–water partition coefficient (Wildman–Crippen LogP) is 7.49. The molecule has 0 aliphatic heterocycles. The Balaban J connectivity index is 1.75. The van der Waals surface area contributed by atoms with E-state index in [0.717, 1.165) is 63.2 Å². The molecule has 0 spiro atoms. The second-order valence-corrected chi connectivity index (χ2v) is 14.7. The first-order chi connectivity index (χ1) is 16.6. The van der Waals surface area contributed by atoms with Crippen LogP contribution in [-0.4, -0.2) is 24.1 Å². The van der Waals surface area contributed by atoms with Gasteiger partial charge in [-0.15, -0.1) is 0 Å². The van der Waals surface area contributed by atoms with Crippen LogP contribution in [0.5, 0.6) is 0 Å². The van der Waals surface area contributed by atoms with E-state index >= 15 is 0 Å². The molecule has 0 amide bonds. The third-order valence-corrected chi connectivity index (χ3v) is 12.0. The van der Waals surface area contributed by atoms with E-state index < -0.39 is 5.41 Å². The molecule has 4 aliphatic carbocycles. The minimum atomic E-state index is -0.559. The zero-order chi connectivity index (χ0) is 26.9. The lowest BCUT2D eigenvalue weighted by atomic mass is 9.37. The number of carbonyl (C=O) groups excluding carboxylic acids is 3. The Kier molecular flexibility index (Phi) is 6.74. The molecule has 0 N–H and O–H groups in total. The van der Waals surface area contributed by atoms with E-state index in [0.29, 0.717) is 18.3 Å². The molecule has 0 aromatic carbocycles. The van der Waals surface area contributed by atoms with E-state index in [1.54, 1.807) is 0 Å². The van der Waals surface area contributed by atoms with Gasteiger partial charge in [0.25, 0.3) is 0 Å². The van der Waals surface area contributed by atoms with Crippen molar-refractivity contribution in [2.45, 2.75) is 126 Å². The van der Waals surface area contributed by atoms with Crippen LogP contribution in [0.15, 0.2) is 11.1 Å². The topological polar surface area (TPSA) is 60.4 Å². The maximum atomic E-state index is 13.2. The number of allylic oxidation sites excluding steroid dienone is 2. The van der Waals surface area contributed by atoms with Crippen LogP contribution in [-0.2, 0) is 19.1 Å². The molecule has 4 rings (SSSR count). The SMILES string of the molecule is CCC1(C)C(C2(C)CCC(OC(C)=O)C(C)(C)C2)CCC2C3=C(C(C)C)C(=O)CC3(C=O)CCC21C. The van der Waals surface area contributed by atoms with Crippen LogP contribution < -0.4 is 0 Å². The number of aldehydes is 1. The lowest BCUT2D eigenvalue weighted by molar-refractivity contribution is -0.181. The van der Waals surface area contributed by atoms with Gasteiger partial charge in [-0.25, -0.2) is 0 Å². The first kappa shape index (κ1) is 27.6. The molecule has 0 bridgehead atoms. The Morgan fingerprint density at radius 3 is 2.25 bits per heavy atom. The number of fused-ring (bicyclic) bond motifs is 3. The summed E-state index contributed by atoms with van der Waals surface area (Å²) in [5, 5.41) is 0. The smallest absolute Gasteiger partial charge is 0.302 e. The molecule has 36 heavy (non-hydrogen) atoms. The third kappa shape index (κ3) is 3.78. The summed E-state index contributed by atoms with van der Waals surface area (Å²) in [4.78, 5) is 37.6. The van der Waals surface area contributed by atoms with Crippen LogP contribution in [0.25, 0.3) is 0 Å². The van der Waals surface area contributed by atoms with E-state index in [9.17, 15) is 14.4 Å². The molecule has 3 saturated carbocycles. The fraction of sp³-hybridized carbons (Fsp3) is 0.844. The number of Topliss-reactive ketones (excluding diaryl/α,β-unsaturated/α-hetero) is 1. The van der Waals surface area contributed by atoms with Crippen molar-refractivity contribution in [2.75, 3.05) is 0 Å². The van der Waals surface area contributed by atoms with Gasteiger partial charge in [0.2, 0.25) is 0 Å². The average molecular weight is 499 g/mol. The van der Waals surface area contributed by atoms with Crippen molar-refractivity contribution >= 4 is 18.0 Å². The third-order valence-electron chi connectivity index (χ3n) is 12.0. The van der Waals surface area contributed by atoms with Gasteiger partial charge in [0.15, 0.2) is 5.78 Å². The Morgan fingerprint density at radius 2 is 1.72 bits per heavy atom. The standard InChI is InChI=1S/C32H50O4/c1-10-30(8)24(29(7)14-13-25(36-21(4)34)28(5,6)18-29)12-11-22-27-26(20(2)3)23(35)17-32(27,19-33)16-15-31(22,30)9/h19-20,22,24-25H,10-18H2,1-9H3. The number of ether oxygens (including phenoxy) is 1. The Bertz CT molecular complexity index is 975. The van der Waals surface area contributed by atoms with E-state index in [1.165, 1.54) is 12.5 Å². The van der Waals surface area contributed by atoms with Crippen LogP contribution in [0.2, 0.25) is 0 Å². The van der Waals surface area contributed by atoms with Crippen molar-refractivity contribution in [3.05, 3.63) is 11.1 Å². The molecule has 0 aromatic heterocycles. The van der Waals surface area contributed by atoms with Crippen LogP contribution in [0.3, 0.4) is 0 Å². The summed E-state index contributed by atoms with van der Waals surface area (Å²) in [7, 11) is 0. The Hall–Kier alpha value is -1.45. The number of carbonyl (C=O) groups is 3. The summed E-state index contributed by atoms with van der Waals surface area (Å²) < 4.78 is 5.78. The minimum absolute atomic E-state index is 0.0194. The number of ketones is 1. The molecule has 7 atom stereocenters. The fourth-order valence-electron chi connectivity index (χ4n) is 10.2. The van der Waals surface area contributed by atoms with Crippen molar-refractivity contribution in [2.24, 2.45) is 44.8 Å². The second kappa shape index (κ2) is 8.80. The molecule has 0 saturated heterocycles. The maximum absolute atomic E-state index is 13.2. The first-order valence-corrected chi connectivity index (χ1v) is 14.5. The lowest BCUT2D eigenvalue weighted by Gasteiger charge is -2.67. The molecule has 0 heterocycles. The Labute approximate surface area is 219 Å². The van der Waals surface area contributed by atoms with Crippen LogP contribution in [0.4, 0.5) is 0 Å². The molecule has 7 unspecified atom stereocenters. The Morgan fingerprint density at radius 1 is 1.06 bits per heavy atom. The van der Waals surface area contributed by atoms with Crippen molar-refractivity contribution in [3.63, 3.8) is 0 Å². The molecule has 0 aromatic rings. The largest absolute Gasteiger partial charge is 0.462 e. The molecule has 4 nitrogen and oxygen atoms in total. The van der Waals surface area contributed by atoms with E-state index in [2.05, 4.69) is 55.4 Å². The number of hydrogen-bond acceptors (Lipinski definition) is 4. The van der Waals surface area contributed by atoms with Gasteiger partial charge in [0.05, 0.1) is 5.41 Å². The van der Waals surface area contributed by atoms with Crippen molar-refractivity contribution in [1.29, 1.82) is 0 Å². The number of rotatable bonds is 5. The molecule has 202 valence electrons. The molecular weight excluding hydrogens is 448 g/mol. The van der Waals surface area contributed by atoms with Gasteiger partial charge < -0.3 is 9.53 Å². The fourth-order valence-corrected chi connectivity index (χ4v) is 10.2. The van der Waals surface area contributed by atoms with E-state index in [-0.39, 0.29) is 45.4 Å². The van der Waals surface area contributed by atoms with Gasteiger partial charge in [-0.3, -0.25) is 9.59 Å². The van der Waals surface area contributed by atoms with E-state index in [1.807, 2.05) is 0 Å². The van der Waals surface area contributed by atoms with Gasteiger partial charge in [-0.1, -0.05) is 55.4 Å². The molecule has 4 heteroatoms. The highest BCUT2D eigenvalue weighted by atomic mass is 16.5. The van der Waals surface area contributed by atoms with Gasteiger partial charge in [-0.2, -0.15) is 0 Å².